The lowest BCUT2D eigenvalue weighted by Gasteiger charge is -2.19. The third-order valence-electron chi connectivity index (χ3n) is 4.52. The van der Waals surface area contributed by atoms with Crippen LogP contribution in [-0.2, 0) is 16.6 Å². The number of hydrogen-bond donors (Lipinski definition) is 0. The lowest BCUT2D eigenvalue weighted by Crippen LogP contribution is -2.29. The Balaban J connectivity index is 1.67. The van der Waals surface area contributed by atoms with Crippen LogP contribution in [-0.4, -0.2) is 19.3 Å². The van der Waals surface area contributed by atoms with Gasteiger partial charge in [0.05, 0.1) is 0 Å². The highest BCUT2D eigenvalue weighted by molar-refractivity contribution is 9.10. The second-order valence-corrected chi connectivity index (χ2v) is 11.5. The van der Waals surface area contributed by atoms with Crippen LogP contribution in [0.1, 0.15) is 12.5 Å². The summed E-state index contributed by atoms with van der Waals surface area (Å²) in [6, 6.07) is 19.8. The van der Waals surface area contributed by atoms with Gasteiger partial charge in [0.15, 0.2) is 0 Å². The number of rotatable bonds is 6. The maximum atomic E-state index is 13.2. The van der Waals surface area contributed by atoms with Crippen LogP contribution in [0, 0.1) is 0 Å². The molecule has 144 valence electrons. The van der Waals surface area contributed by atoms with Crippen LogP contribution in [0.3, 0.4) is 0 Å². The van der Waals surface area contributed by atoms with E-state index < -0.39 is 10.0 Å². The van der Waals surface area contributed by atoms with E-state index in [1.54, 1.807) is 17.4 Å². The van der Waals surface area contributed by atoms with E-state index in [1.807, 2.05) is 48.7 Å². The molecule has 7 heteroatoms. The van der Waals surface area contributed by atoms with E-state index in [4.69, 9.17) is 0 Å². The summed E-state index contributed by atoms with van der Waals surface area (Å²) in [5.41, 5.74) is 2.08. The second kappa shape index (κ2) is 8.08. The topological polar surface area (TPSA) is 37.4 Å². The van der Waals surface area contributed by atoms with E-state index in [9.17, 15) is 8.42 Å². The minimum atomic E-state index is -3.55. The monoisotopic (exact) mass is 491 g/mol. The summed E-state index contributed by atoms with van der Waals surface area (Å²) in [7, 11) is -3.55. The highest BCUT2D eigenvalue weighted by Gasteiger charge is 2.25. The molecule has 0 atom stereocenters. The molecule has 0 aliphatic rings. The number of hydrogen-bond acceptors (Lipinski definition) is 4. The summed E-state index contributed by atoms with van der Waals surface area (Å²) < 4.78 is 30.4. The van der Waals surface area contributed by atoms with Crippen molar-refractivity contribution in [3.63, 3.8) is 0 Å². The largest absolute Gasteiger partial charge is 0.252 e. The average Bonchev–Trinajstić information content (AvgIpc) is 3.36. The van der Waals surface area contributed by atoms with Gasteiger partial charge in [-0.15, -0.1) is 22.7 Å². The van der Waals surface area contributed by atoms with E-state index in [1.165, 1.54) is 20.5 Å². The lowest BCUT2D eigenvalue weighted by atomic mass is 10.1. The maximum Gasteiger partial charge on any atom is 0.252 e. The van der Waals surface area contributed by atoms with Crippen molar-refractivity contribution in [2.75, 3.05) is 6.54 Å². The smallest absolute Gasteiger partial charge is 0.206 e. The number of thiophene rings is 2. The highest BCUT2D eigenvalue weighted by atomic mass is 79.9. The molecule has 0 unspecified atom stereocenters. The Morgan fingerprint density at radius 2 is 1.82 bits per heavy atom. The molecule has 0 radical (unpaired) electrons. The number of fused-ring (bicyclic) bond motifs is 1. The van der Waals surface area contributed by atoms with Crippen molar-refractivity contribution in [3.8, 4) is 10.4 Å². The van der Waals surface area contributed by atoms with E-state index >= 15 is 0 Å². The summed E-state index contributed by atoms with van der Waals surface area (Å²) in [6.45, 7) is 2.66. The first-order valence-corrected chi connectivity index (χ1v) is 12.7. The summed E-state index contributed by atoms with van der Waals surface area (Å²) in [4.78, 5) is 1.18. The normalized spacial score (nSPS) is 12.1. The first kappa shape index (κ1) is 19.8. The Kier molecular flexibility index (Phi) is 5.71. The van der Waals surface area contributed by atoms with Crippen molar-refractivity contribution >= 4 is 58.7 Å². The third-order valence-corrected chi connectivity index (χ3v) is 9.45. The van der Waals surface area contributed by atoms with Crippen LogP contribution in [0.4, 0.5) is 0 Å². The molecule has 2 aromatic heterocycles. The van der Waals surface area contributed by atoms with Crippen LogP contribution in [0.15, 0.2) is 74.7 Å². The predicted molar refractivity (Wildman–Crippen MR) is 123 cm³/mol. The van der Waals surface area contributed by atoms with Crippen LogP contribution in [0.5, 0.6) is 0 Å². The number of sulfonamides is 1. The molecule has 2 heterocycles. The first-order valence-electron chi connectivity index (χ1n) is 8.79. The Labute approximate surface area is 181 Å². The zero-order chi connectivity index (χ0) is 19.7. The second-order valence-electron chi connectivity index (χ2n) is 6.35. The third kappa shape index (κ3) is 3.95. The first-order chi connectivity index (χ1) is 13.5. The van der Waals surface area contributed by atoms with Gasteiger partial charge in [-0.2, -0.15) is 4.31 Å². The van der Waals surface area contributed by atoms with Gasteiger partial charge in [0.2, 0.25) is 0 Å². The Bertz CT molecular complexity index is 1200. The van der Waals surface area contributed by atoms with Crippen molar-refractivity contribution in [3.05, 3.63) is 76.1 Å². The Morgan fingerprint density at radius 3 is 2.50 bits per heavy atom. The molecule has 0 spiro atoms. The highest BCUT2D eigenvalue weighted by Crippen LogP contribution is 2.35. The molecule has 2 aromatic carbocycles. The molecule has 0 N–H and O–H groups in total. The van der Waals surface area contributed by atoms with Crippen molar-refractivity contribution in [2.24, 2.45) is 0 Å². The standard InChI is InChI=1S/C21H18BrNO2S3/c1-2-23(14-15-5-8-18(22)9-6-15)28(24,25)21-13-17-12-16(7-10-20(17)27-21)19-4-3-11-26-19/h3-13H,2,14H2,1H3. The predicted octanol–water partition coefficient (Wildman–Crippen LogP) is 6.60. The quantitative estimate of drug-likeness (QED) is 0.304. The van der Waals surface area contributed by atoms with Gasteiger partial charge < -0.3 is 0 Å². The molecule has 0 aliphatic carbocycles. The van der Waals surface area contributed by atoms with Gasteiger partial charge in [-0.25, -0.2) is 8.42 Å². The molecule has 0 fully saturated rings. The minimum absolute atomic E-state index is 0.362. The summed E-state index contributed by atoms with van der Waals surface area (Å²) in [5, 5.41) is 3.01. The lowest BCUT2D eigenvalue weighted by molar-refractivity contribution is 0.425. The van der Waals surface area contributed by atoms with Crippen LogP contribution in [0.25, 0.3) is 20.5 Å². The maximum absolute atomic E-state index is 13.2. The molecule has 0 aliphatic heterocycles. The molecule has 0 saturated carbocycles. The molecule has 0 saturated heterocycles. The zero-order valence-electron chi connectivity index (χ0n) is 15.1. The van der Waals surface area contributed by atoms with Gasteiger partial charge in [-0.05, 0) is 58.3 Å². The zero-order valence-corrected chi connectivity index (χ0v) is 19.2. The van der Waals surface area contributed by atoms with Crippen molar-refractivity contribution < 1.29 is 8.42 Å². The van der Waals surface area contributed by atoms with Crippen LogP contribution >= 0.6 is 38.6 Å². The van der Waals surface area contributed by atoms with Crippen molar-refractivity contribution in [2.45, 2.75) is 17.7 Å². The molecular weight excluding hydrogens is 474 g/mol. The van der Waals surface area contributed by atoms with Gasteiger partial charge in [0.1, 0.15) is 4.21 Å². The van der Waals surface area contributed by atoms with Crippen molar-refractivity contribution in [1.82, 2.24) is 4.31 Å². The van der Waals surface area contributed by atoms with Gasteiger partial charge in [-0.3, -0.25) is 0 Å². The van der Waals surface area contributed by atoms with Crippen molar-refractivity contribution in [1.29, 1.82) is 0 Å². The number of halogens is 1. The molecule has 0 amide bonds. The van der Waals surface area contributed by atoms with E-state index in [0.717, 1.165) is 25.7 Å². The molecule has 4 rings (SSSR count). The summed E-state index contributed by atoms with van der Waals surface area (Å²) in [6.07, 6.45) is 0. The Hall–Kier alpha value is -1.51. The SMILES string of the molecule is CCN(Cc1ccc(Br)cc1)S(=O)(=O)c1cc2cc(-c3cccs3)ccc2s1. The minimum Gasteiger partial charge on any atom is -0.206 e. The van der Waals surface area contributed by atoms with E-state index in [0.29, 0.717) is 17.3 Å². The molecule has 28 heavy (non-hydrogen) atoms. The fraction of sp³-hybridized carbons (Fsp3) is 0.143. The number of benzene rings is 2. The van der Waals surface area contributed by atoms with E-state index in [-0.39, 0.29) is 0 Å². The summed E-state index contributed by atoms with van der Waals surface area (Å²) >= 11 is 6.43. The van der Waals surface area contributed by atoms with Gasteiger partial charge >= 0.3 is 0 Å². The van der Waals surface area contributed by atoms with Gasteiger partial charge in [0, 0.05) is 27.1 Å². The number of nitrogens with zero attached hydrogens (tertiary/aromatic N) is 1. The fourth-order valence-corrected chi connectivity index (χ4v) is 6.99. The van der Waals surface area contributed by atoms with Crippen LogP contribution < -0.4 is 0 Å². The van der Waals surface area contributed by atoms with Gasteiger partial charge in [-0.1, -0.05) is 47.1 Å². The average molecular weight is 492 g/mol. The Morgan fingerprint density at radius 1 is 1.04 bits per heavy atom. The molecule has 3 nitrogen and oxygen atoms in total. The van der Waals surface area contributed by atoms with Gasteiger partial charge in [0.25, 0.3) is 10.0 Å². The van der Waals surface area contributed by atoms with E-state index in [2.05, 4.69) is 34.1 Å². The summed E-state index contributed by atoms with van der Waals surface area (Å²) in [5.74, 6) is 0. The van der Waals surface area contributed by atoms with Crippen LogP contribution in [0.2, 0.25) is 0 Å². The molecule has 4 aromatic rings. The molecular formula is C21H18BrNO2S3. The molecule has 0 bridgehead atoms. The fourth-order valence-electron chi connectivity index (χ4n) is 3.03.